The van der Waals surface area contributed by atoms with Crippen molar-refractivity contribution in [2.45, 2.75) is 32.6 Å². The topological polar surface area (TPSA) is 57.0 Å². The van der Waals surface area contributed by atoms with E-state index in [4.69, 9.17) is 4.84 Å². The number of nitrogens with zero attached hydrogens (tertiary/aromatic N) is 3. The highest BCUT2D eigenvalue weighted by atomic mass is 16.7. The minimum absolute atomic E-state index is 0.269. The molecule has 1 aromatic heterocycles. The van der Waals surface area contributed by atoms with E-state index in [1.165, 1.54) is 4.85 Å². The molecule has 0 aliphatic rings. The number of hydrogen-bond acceptors (Lipinski definition) is 4. The average molecular weight is 233 g/mol. The molecular formula is C12H15N3O2. The van der Waals surface area contributed by atoms with Gasteiger partial charge in [-0.15, -0.1) is 5.10 Å². The highest BCUT2D eigenvalue weighted by Gasteiger charge is 2.09. The maximum atomic E-state index is 11.5. The third kappa shape index (κ3) is 2.81. The molecule has 90 valence electrons. The minimum atomic E-state index is -0.269. The molecule has 0 atom stereocenters. The highest BCUT2D eigenvalue weighted by Crippen LogP contribution is 2.08. The van der Waals surface area contributed by atoms with E-state index in [0.29, 0.717) is 17.5 Å². The van der Waals surface area contributed by atoms with Gasteiger partial charge in [0.2, 0.25) is 0 Å². The second-order valence-electron chi connectivity index (χ2n) is 3.87. The van der Waals surface area contributed by atoms with Crippen molar-refractivity contribution >= 4 is 17.0 Å². The fourth-order valence-electron chi connectivity index (χ4n) is 1.58. The van der Waals surface area contributed by atoms with Crippen LogP contribution in [0.2, 0.25) is 0 Å². The van der Waals surface area contributed by atoms with Gasteiger partial charge in [0, 0.05) is 6.42 Å². The molecule has 5 heteroatoms. The van der Waals surface area contributed by atoms with Gasteiger partial charge >= 0.3 is 5.97 Å². The molecule has 2 aromatic rings. The number of aromatic nitrogens is 3. The van der Waals surface area contributed by atoms with Gasteiger partial charge in [-0.25, -0.2) is 4.79 Å². The zero-order valence-corrected chi connectivity index (χ0v) is 9.80. The van der Waals surface area contributed by atoms with Crippen molar-refractivity contribution in [1.29, 1.82) is 0 Å². The predicted molar refractivity (Wildman–Crippen MR) is 63.3 cm³/mol. The van der Waals surface area contributed by atoms with Gasteiger partial charge in [0.25, 0.3) is 0 Å². The van der Waals surface area contributed by atoms with Crippen LogP contribution in [0, 0.1) is 0 Å². The molecule has 5 nitrogen and oxygen atoms in total. The van der Waals surface area contributed by atoms with Crippen molar-refractivity contribution < 1.29 is 9.63 Å². The summed E-state index contributed by atoms with van der Waals surface area (Å²) in [6.07, 6.45) is 3.39. The Bertz CT molecular complexity index is 507. The van der Waals surface area contributed by atoms with Crippen LogP contribution in [-0.4, -0.2) is 21.1 Å². The van der Waals surface area contributed by atoms with Crippen LogP contribution in [0.25, 0.3) is 11.0 Å². The zero-order chi connectivity index (χ0) is 12.1. The van der Waals surface area contributed by atoms with Gasteiger partial charge in [-0.2, -0.15) is 0 Å². The third-order valence-corrected chi connectivity index (χ3v) is 2.49. The Hall–Kier alpha value is -1.91. The Balaban J connectivity index is 2.01. The van der Waals surface area contributed by atoms with E-state index in [0.717, 1.165) is 19.3 Å². The fraction of sp³-hybridized carbons (Fsp3) is 0.417. The summed E-state index contributed by atoms with van der Waals surface area (Å²) >= 11 is 0. The number of fused-ring (bicyclic) bond motifs is 1. The van der Waals surface area contributed by atoms with Crippen LogP contribution < -0.4 is 4.84 Å². The molecule has 2 rings (SSSR count). The summed E-state index contributed by atoms with van der Waals surface area (Å²) < 4.78 is 0. The number of unbranched alkanes of at least 4 members (excludes halogenated alkanes) is 2. The summed E-state index contributed by atoms with van der Waals surface area (Å²) in [7, 11) is 0. The Morgan fingerprint density at radius 1 is 1.35 bits per heavy atom. The molecule has 1 heterocycles. The number of benzene rings is 1. The summed E-state index contributed by atoms with van der Waals surface area (Å²) in [6, 6.07) is 7.36. The molecule has 0 fully saturated rings. The van der Waals surface area contributed by atoms with Crippen molar-refractivity contribution in [3.05, 3.63) is 24.3 Å². The lowest BCUT2D eigenvalue weighted by Gasteiger charge is -2.02. The quantitative estimate of drug-likeness (QED) is 0.585. The Kier molecular flexibility index (Phi) is 3.69. The number of hydrogen-bond donors (Lipinski definition) is 0. The molecule has 0 aliphatic heterocycles. The van der Waals surface area contributed by atoms with Gasteiger partial charge < -0.3 is 4.84 Å². The summed E-state index contributed by atoms with van der Waals surface area (Å²) in [4.78, 5) is 17.8. The fourth-order valence-corrected chi connectivity index (χ4v) is 1.58. The lowest BCUT2D eigenvalue weighted by atomic mass is 10.2. The van der Waals surface area contributed by atoms with Crippen molar-refractivity contribution in [3.8, 4) is 0 Å². The van der Waals surface area contributed by atoms with E-state index >= 15 is 0 Å². The first-order valence-corrected chi connectivity index (χ1v) is 5.83. The molecule has 1 aromatic carbocycles. The van der Waals surface area contributed by atoms with Gasteiger partial charge in [-0.05, 0) is 23.8 Å². The van der Waals surface area contributed by atoms with Crippen LogP contribution in [0.1, 0.15) is 32.6 Å². The van der Waals surface area contributed by atoms with Crippen LogP contribution in [0.5, 0.6) is 0 Å². The van der Waals surface area contributed by atoms with Crippen molar-refractivity contribution in [3.63, 3.8) is 0 Å². The lowest BCUT2D eigenvalue weighted by molar-refractivity contribution is -0.145. The van der Waals surface area contributed by atoms with Gasteiger partial charge in [-0.3, -0.25) is 0 Å². The van der Waals surface area contributed by atoms with E-state index < -0.39 is 0 Å². The average Bonchev–Trinajstić information content (AvgIpc) is 2.73. The Morgan fingerprint density at radius 2 is 2.18 bits per heavy atom. The normalized spacial score (nSPS) is 10.6. The van der Waals surface area contributed by atoms with Crippen molar-refractivity contribution in [2.75, 3.05) is 0 Å². The van der Waals surface area contributed by atoms with Crippen molar-refractivity contribution in [2.24, 2.45) is 0 Å². The first-order chi connectivity index (χ1) is 8.31. The van der Waals surface area contributed by atoms with Gasteiger partial charge in [0.05, 0.1) is 0 Å². The zero-order valence-electron chi connectivity index (χ0n) is 9.80. The monoisotopic (exact) mass is 233 g/mol. The number of rotatable bonds is 5. The summed E-state index contributed by atoms with van der Waals surface area (Å²) in [6.45, 7) is 2.09. The van der Waals surface area contributed by atoms with Crippen LogP contribution in [0.3, 0.4) is 0 Å². The van der Waals surface area contributed by atoms with Crippen LogP contribution in [-0.2, 0) is 4.79 Å². The molecule has 0 spiro atoms. The Morgan fingerprint density at radius 3 is 3.00 bits per heavy atom. The molecule has 0 unspecified atom stereocenters. The van der Waals surface area contributed by atoms with Gasteiger partial charge in [0.15, 0.2) is 0 Å². The van der Waals surface area contributed by atoms with Crippen molar-refractivity contribution in [1.82, 2.24) is 15.2 Å². The molecule has 17 heavy (non-hydrogen) atoms. The summed E-state index contributed by atoms with van der Waals surface area (Å²) in [5.74, 6) is -0.269. The van der Waals surface area contributed by atoms with E-state index in [2.05, 4.69) is 17.2 Å². The van der Waals surface area contributed by atoms with Crippen LogP contribution >= 0.6 is 0 Å². The molecule has 0 saturated carbocycles. The van der Waals surface area contributed by atoms with E-state index in [-0.39, 0.29) is 5.97 Å². The maximum Gasteiger partial charge on any atom is 0.335 e. The Labute approximate surface area is 99.3 Å². The number of para-hydroxylation sites is 1. The third-order valence-electron chi connectivity index (χ3n) is 2.49. The number of carbonyl (C=O) groups excluding carboxylic acids is 1. The molecule has 0 N–H and O–H groups in total. The molecule has 0 bridgehead atoms. The van der Waals surface area contributed by atoms with Crippen LogP contribution in [0.4, 0.5) is 0 Å². The summed E-state index contributed by atoms with van der Waals surface area (Å²) in [5, 5.41) is 7.69. The second kappa shape index (κ2) is 5.43. The lowest BCUT2D eigenvalue weighted by Crippen LogP contribution is -2.20. The predicted octanol–water partition coefficient (Wildman–Crippen LogP) is 1.97. The maximum absolute atomic E-state index is 11.5. The van der Waals surface area contributed by atoms with E-state index in [1.54, 1.807) is 0 Å². The largest absolute Gasteiger partial charge is 0.335 e. The minimum Gasteiger partial charge on any atom is -0.317 e. The molecular weight excluding hydrogens is 218 g/mol. The number of carbonyl (C=O) groups is 1. The van der Waals surface area contributed by atoms with Gasteiger partial charge in [0.1, 0.15) is 11.0 Å². The van der Waals surface area contributed by atoms with Gasteiger partial charge in [-0.1, -0.05) is 36.7 Å². The van der Waals surface area contributed by atoms with E-state index in [9.17, 15) is 4.79 Å². The van der Waals surface area contributed by atoms with E-state index in [1.807, 2.05) is 24.3 Å². The highest BCUT2D eigenvalue weighted by molar-refractivity contribution is 5.75. The summed E-state index contributed by atoms with van der Waals surface area (Å²) in [5.41, 5.74) is 1.42. The van der Waals surface area contributed by atoms with Crippen LogP contribution in [0.15, 0.2) is 24.3 Å². The smallest absolute Gasteiger partial charge is 0.317 e. The second-order valence-corrected chi connectivity index (χ2v) is 3.87. The molecule has 0 radical (unpaired) electrons. The first kappa shape index (κ1) is 11.6. The SMILES string of the molecule is CCCCCC(=O)On1nnc2ccccc21. The molecule has 0 saturated heterocycles. The molecule has 0 amide bonds. The standard InChI is InChI=1S/C12H15N3O2/c1-2-3-4-9-12(16)17-15-11-8-6-5-7-10(11)13-14-15/h5-8H,2-4,9H2,1H3. The molecule has 0 aliphatic carbocycles. The first-order valence-electron chi connectivity index (χ1n) is 5.83.